The number of carbonyl (C=O) groups is 1. The van der Waals surface area contributed by atoms with Gasteiger partial charge in [0.2, 0.25) is 0 Å². The van der Waals surface area contributed by atoms with Crippen LogP contribution in [-0.2, 0) is 7.05 Å². The van der Waals surface area contributed by atoms with Gasteiger partial charge in [0, 0.05) is 20.1 Å². The number of hydrogen-bond donors (Lipinski definition) is 1. The minimum Gasteiger partial charge on any atom is -0.391 e. The molecule has 1 aliphatic heterocycles. The zero-order valence-corrected chi connectivity index (χ0v) is 10.3. The van der Waals surface area contributed by atoms with Crippen molar-refractivity contribution >= 4 is 29.1 Å². The summed E-state index contributed by atoms with van der Waals surface area (Å²) in [6, 6.07) is 1.55. The Morgan fingerprint density at radius 3 is 2.69 bits per heavy atom. The molecule has 1 unspecified atom stereocenters. The van der Waals surface area contributed by atoms with Crippen LogP contribution in [0.15, 0.2) is 6.07 Å². The van der Waals surface area contributed by atoms with Gasteiger partial charge >= 0.3 is 0 Å². The fraction of sp³-hybridized carbons (Fsp3) is 0.500. The van der Waals surface area contributed by atoms with E-state index >= 15 is 0 Å². The van der Waals surface area contributed by atoms with Crippen molar-refractivity contribution in [2.45, 2.75) is 12.5 Å². The fourth-order valence-electron chi connectivity index (χ4n) is 1.84. The van der Waals surface area contributed by atoms with Crippen molar-refractivity contribution < 1.29 is 9.90 Å². The van der Waals surface area contributed by atoms with Crippen LogP contribution >= 0.6 is 23.2 Å². The number of rotatable bonds is 1. The second kappa shape index (κ2) is 4.28. The summed E-state index contributed by atoms with van der Waals surface area (Å²) < 4.78 is 1.55. The van der Waals surface area contributed by atoms with E-state index < -0.39 is 6.10 Å². The van der Waals surface area contributed by atoms with E-state index in [1.165, 1.54) is 0 Å². The average Bonchev–Trinajstić information content (AvgIpc) is 2.78. The first kappa shape index (κ1) is 11.8. The molecule has 1 N–H and O–H groups in total. The molecule has 1 aromatic rings. The van der Waals surface area contributed by atoms with Gasteiger partial charge in [-0.2, -0.15) is 0 Å². The summed E-state index contributed by atoms with van der Waals surface area (Å²) in [5.74, 6) is -0.146. The molecule has 16 heavy (non-hydrogen) atoms. The number of amides is 1. The summed E-state index contributed by atoms with van der Waals surface area (Å²) >= 11 is 11.7. The third-order valence-electron chi connectivity index (χ3n) is 2.79. The molecule has 6 heteroatoms. The van der Waals surface area contributed by atoms with E-state index in [9.17, 15) is 9.90 Å². The largest absolute Gasteiger partial charge is 0.391 e. The minimum atomic E-state index is -0.421. The molecular formula is C10H12Cl2N2O2. The van der Waals surface area contributed by atoms with Gasteiger partial charge in [0.15, 0.2) is 0 Å². The Hall–Kier alpha value is -0.710. The SMILES string of the molecule is Cn1c(C(=O)N2CCC(O)C2)cc(Cl)c1Cl. The zero-order valence-electron chi connectivity index (χ0n) is 8.78. The van der Waals surface area contributed by atoms with Gasteiger partial charge in [0.05, 0.1) is 11.1 Å². The molecule has 1 atom stereocenters. The molecule has 88 valence electrons. The minimum absolute atomic E-state index is 0.146. The van der Waals surface area contributed by atoms with Crippen LogP contribution in [-0.4, -0.2) is 39.7 Å². The van der Waals surface area contributed by atoms with E-state index in [1.54, 1.807) is 22.6 Å². The Labute approximate surface area is 103 Å². The van der Waals surface area contributed by atoms with Crippen LogP contribution in [0.2, 0.25) is 10.2 Å². The van der Waals surface area contributed by atoms with Crippen molar-refractivity contribution in [1.82, 2.24) is 9.47 Å². The average molecular weight is 263 g/mol. The number of hydrogen-bond acceptors (Lipinski definition) is 2. The number of nitrogens with zero attached hydrogens (tertiary/aromatic N) is 2. The molecule has 0 radical (unpaired) electrons. The molecule has 1 amide bonds. The summed E-state index contributed by atoms with van der Waals surface area (Å²) in [6.45, 7) is 0.944. The second-order valence-electron chi connectivity index (χ2n) is 3.92. The Kier molecular flexibility index (Phi) is 3.15. The second-order valence-corrected chi connectivity index (χ2v) is 4.69. The first-order valence-electron chi connectivity index (χ1n) is 4.98. The maximum Gasteiger partial charge on any atom is 0.270 e. The van der Waals surface area contributed by atoms with Crippen molar-refractivity contribution in [2.75, 3.05) is 13.1 Å². The highest BCUT2D eigenvalue weighted by molar-refractivity contribution is 6.41. The molecule has 2 rings (SSSR count). The predicted octanol–water partition coefficient (Wildman–Crippen LogP) is 1.54. The van der Waals surface area contributed by atoms with Gasteiger partial charge in [-0.3, -0.25) is 4.79 Å². The molecule has 1 saturated heterocycles. The highest BCUT2D eigenvalue weighted by atomic mass is 35.5. The van der Waals surface area contributed by atoms with Gasteiger partial charge in [-0.1, -0.05) is 23.2 Å². The van der Waals surface area contributed by atoms with E-state index in [2.05, 4.69) is 0 Å². The first-order valence-corrected chi connectivity index (χ1v) is 5.74. The van der Waals surface area contributed by atoms with Crippen molar-refractivity contribution in [3.8, 4) is 0 Å². The molecule has 1 aromatic heterocycles. The van der Waals surface area contributed by atoms with Crippen molar-refractivity contribution in [2.24, 2.45) is 7.05 Å². The van der Waals surface area contributed by atoms with E-state index in [-0.39, 0.29) is 5.91 Å². The summed E-state index contributed by atoms with van der Waals surface area (Å²) in [6.07, 6.45) is 0.201. The molecule has 2 heterocycles. The Morgan fingerprint density at radius 1 is 1.56 bits per heavy atom. The lowest BCUT2D eigenvalue weighted by Gasteiger charge is -2.15. The number of aliphatic hydroxyl groups excluding tert-OH is 1. The van der Waals surface area contributed by atoms with Crippen LogP contribution in [0.1, 0.15) is 16.9 Å². The highest BCUT2D eigenvalue weighted by Crippen LogP contribution is 2.26. The Bertz CT molecular complexity index is 431. The topological polar surface area (TPSA) is 45.5 Å². The third kappa shape index (κ3) is 1.93. The van der Waals surface area contributed by atoms with E-state index in [0.29, 0.717) is 35.4 Å². The summed E-state index contributed by atoms with van der Waals surface area (Å²) in [5, 5.41) is 10.1. The first-order chi connectivity index (χ1) is 7.50. The van der Waals surface area contributed by atoms with Gasteiger partial charge in [0.25, 0.3) is 5.91 Å². The Balaban J connectivity index is 2.24. The lowest BCUT2D eigenvalue weighted by molar-refractivity contribution is 0.0755. The van der Waals surface area contributed by atoms with E-state index in [1.807, 2.05) is 0 Å². The molecule has 0 bridgehead atoms. The predicted molar refractivity (Wildman–Crippen MR) is 62.0 cm³/mol. The van der Waals surface area contributed by atoms with Gasteiger partial charge in [0.1, 0.15) is 10.8 Å². The monoisotopic (exact) mass is 262 g/mol. The lowest BCUT2D eigenvalue weighted by atomic mass is 10.3. The molecule has 0 spiro atoms. The standard InChI is InChI=1S/C10H12Cl2N2O2/c1-13-8(4-7(11)9(13)12)10(16)14-3-2-6(15)5-14/h4,6,15H,2-3,5H2,1H3. The maximum absolute atomic E-state index is 12.1. The molecular weight excluding hydrogens is 251 g/mol. The number of aromatic nitrogens is 1. The van der Waals surface area contributed by atoms with Crippen LogP contribution < -0.4 is 0 Å². The van der Waals surface area contributed by atoms with Crippen LogP contribution in [0, 0.1) is 0 Å². The lowest BCUT2D eigenvalue weighted by Crippen LogP contribution is -2.30. The van der Waals surface area contributed by atoms with Crippen LogP contribution in [0.4, 0.5) is 0 Å². The van der Waals surface area contributed by atoms with Crippen molar-refractivity contribution in [1.29, 1.82) is 0 Å². The molecule has 0 aromatic carbocycles. The normalized spacial score (nSPS) is 20.5. The van der Waals surface area contributed by atoms with Crippen molar-refractivity contribution in [3.63, 3.8) is 0 Å². The maximum atomic E-state index is 12.1. The molecule has 1 fully saturated rings. The molecule has 1 aliphatic rings. The number of aliphatic hydroxyl groups is 1. The summed E-state index contributed by atoms with van der Waals surface area (Å²) in [7, 11) is 1.69. The van der Waals surface area contributed by atoms with Crippen LogP contribution in [0.5, 0.6) is 0 Å². The quantitative estimate of drug-likeness (QED) is 0.835. The van der Waals surface area contributed by atoms with Gasteiger partial charge < -0.3 is 14.6 Å². The van der Waals surface area contributed by atoms with E-state index in [4.69, 9.17) is 23.2 Å². The summed E-state index contributed by atoms with van der Waals surface area (Å²) in [5.41, 5.74) is 0.448. The summed E-state index contributed by atoms with van der Waals surface area (Å²) in [4.78, 5) is 13.7. The number of carbonyl (C=O) groups excluding carboxylic acids is 1. The van der Waals surface area contributed by atoms with Crippen molar-refractivity contribution in [3.05, 3.63) is 21.9 Å². The smallest absolute Gasteiger partial charge is 0.270 e. The number of halogens is 2. The highest BCUT2D eigenvalue weighted by Gasteiger charge is 2.27. The van der Waals surface area contributed by atoms with Gasteiger partial charge in [-0.15, -0.1) is 0 Å². The Morgan fingerprint density at radius 2 is 2.25 bits per heavy atom. The van der Waals surface area contributed by atoms with Crippen LogP contribution in [0.3, 0.4) is 0 Å². The number of β-amino-alcohol motifs (C(OH)–C–C–N with tert-alkyl or cyclic N) is 1. The number of likely N-dealkylation sites (tertiary alicyclic amines) is 1. The molecule has 0 aliphatic carbocycles. The van der Waals surface area contributed by atoms with Crippen LogP contribution in [0.25, 0.3) is 0 Å². The molecule has 0 saturated carbocycles. The van der Waals surface area contributed by atoms with E-state index in [0.717, 1.165) is 0 Å². The zero-order chi connectivity index (χ0) is 11.9. The fourth-order valence-corrected chi connectivity index (χ4v) is 2.21. The third-order valence-corrected chi connectivity index (χ3v) is 3.63. The molecule has 4 nitrogen and oxygen atoms in total. The van der Waals surface area contributed by atoms with Gasteiger partial charge in [-0.25, -0.2) is 0 Å². The van der Waals surface area contributed by atoms with Gasteiger partial charge in [-0.05, 0) is 12.5 Å².